The highest BCUT2D eigenvalue weighted by atomic mass is 16.5. The van der Waals surface area contributed by atoms with Gasteiger partial charge in [0.2, 0.25) is 0 Å². The molecule has 1 aromatic carbocycles. The molecule has 1 aromatic rings. The quantitative estimate of drug-likeness (QED) is 0.798. The SMILES string of the molecule is CN1CCN(CCOc2ccc(C=O)cc2O)CC1. The molecular formula is C14H20N2O3. The second kappa shape index (κ2) is 6.54. The first-order chi connectivity index (χ1) is 9.19. The first-order valence-electron chi connectivity index (χ1n) is 6.51. The molecule has 0 spiro atoms. The number of carbonyl (C=O) groups is 1. The minimum Gasteiger partial charge on any atom is -0.504 e. The molecule has 0 saturated carbocycles. The van der Waals surface area contributed by atoms with E-state index in [9.17, 15) is 9.90 Å². The number of hydrogen-bond donors (Lipinski definition) is 1. The number of nitrogens with zero attached hydrogens (tertiary/aromatic N) is 2. The van der Waals surface area contributed by atoms with Gasteiger partial charge in [0.25, 0.3) is 0 Å². The van der Waals surface area contributed by atoms with Crippen LogP contribution < -0.4 is 4.74 Å². The number of carbonyl (C=O) groups excluding carboxylic acids is 1. The first-order valence-corrected chi connectivity index (χ1v) is 6.51. The predicted octanol–water partition coefficient (Wildman–Crippen LogP) is 0.831. The third-order valence-electron chi connectivity index (χ3n) is 3.38. The molecule has 0 amide bonds. The molecule has 19 heavy (non-hydrogen) atoms. The number of benzene rings is 1. The van der Waals surface area contributed by atoms with Gasteiger partial charge < -0.3 is 14.7 Å². The van der Waals surface area contributed by atoms with Crippen LogP contribution >= 0.6 is 0 Å². The van der Waals surface area contributed by atoms with E-state index in [-0.39, 0.29) is 5.75 Å². The zero-order valence-corrected chi connectivity index (χ0v) is 11.2. The summed E-state index contributed by atoms with van der Waals surface area (Å²) >= 11 is 0. The lowest BCUT2D eigenvalue weighted by molar-refractivity contribution is 0.112. The number of phenolic OH excluding ortho intramolecular Hbond substituents is 1. The van der Waals surface area contributed by atoms with E-state index in [0.717, 1.165) is 32.7 Å². The monoisotopic (exact) mass is 264 g/mol. The Morgan fingerprint density at radius 2 is 2.05 bits per heavy atom. The summed E-state index contributed by atoms with van der Waals surface area (Å²) in [5, 5.41) is 9.69. The van der Waals surface area contributed by atoms with Gasteiger partial charge in [0.15, 0.2) is 11.5 Å². The van der Waals surface area contributed by atoms with E-state index in [1.807, 2.05) is 0 Å². The topological polar surface area (TPSA) is 53.0 Å². The van der Waals surface area contributed by atoms with Crippen molar-refractivity contribution in [3.8, 4) is 11.5 Å². The number of rotatable bonds is 5. The molecular weight excluding hydrogens is 244 g/mol. The van der Waals surface area contributed by atoms with Crippen LogP contribution in [0.4, 0.5) is 0 Å². The van der Waals surface area contributed by atoms with Crippen LogP contribution in [-0.2, 0) is 0 Å². The number of aldehydes is 1. The van der Waals surface area contributed by atoms with E-state index in [4.69, 9.17) is 4.74 Å². The Labute approximate surface area is 113 Å². The van der Waals surface area contributed by atoms with Gasteiger partial charge in [-0.15, -0.1) is 0 Å². The van der Waals surface area contributed by atoms with E-state index in [2.05, 4.69) is 16.8 Å². The molecule has 1 fully saturated rings. The van der Waals surface area contributed by atoms with Gasteiger partial charge in [-0.2, -0.15) is 0 Å². The van der Waals surface area contributed by atoms with Gasteiger partial charge in [-0.3, -0.25) is 9.69 Å². The Morgan fingerprint density at radius 1 is 1.32 bits per heavy atom. The van der Waals surface area contributed by atoms with Crippen molar-refractivity contribution in [1.82, 2.24) is 9.80 Å². The van der Waals surface area contributed by atoms with Crippen LogP contribution in [0.25, 0.3) is 0 Å². The van der Waals surface area contributed by atoms with E-state index < -0.39 is 0 Å². The van der Waals surface area contributed by atoms with Crippen LogP contribution in [0.2, 0.25) is 0 Å². The molecule has 1 aliphatic rings. The zero-order chi connectivity index (χ0) is 13.7. The van der Waals surface area contributed by atoms with Gasteiger partial charge in [-0.05, 0) is 25.2 Å². The summed E-state index contributed by atoms with van der Waals surface area (Å²) in [6, 6.07) is 4.68. The van der Waals surface area contributed by atoms with Crippen molar-refractivity contribution >= 4 is 6.29 Å². The summed E-state index contributed by atoms with van der Waals surface area (Å²) in [5.41, 5.74) is 0.448. The average molecular weight is 264 g/mol. The van der Waals surface area contributed by atoms with Gasteiger partial charge in [-0.1, -0.05) is 0 Å². The lowest BCUT2D eigenvalue weighted by Crippen LogP contribution is -2.45. The van der Waals surface area contributed by atoms with Crippen molar-refractivity contribution in [2.75, 3.05) is 46.4 Å². The summed E-state index contributed by atoms with van der Waals surface area (Å²) in [5.74, 6) is 0.447. The van der Waals surface area contributed by atoms with Crippen LogP contribution in [0.1, 0.15) is 10.4 Å². The second-order valence-electron chi connectivity index (χ2n) is 4.84. The molecule has 0 radical (unpaired) electrons. The first kappa shape index (κ1) is 13.8. The fourth-order valence-corrected chi connectivity index (χ4v) is 2.09. The van der Waals surface area contributed by atoms with Crippen LogP contribution in [-0.4, -0.2) is 67.6 Å². The van der Waals surface area contributed by atoms with Crippen LogP contribution in [0.5, 0.6) is 11.5 Å². The fourth-order valence-electron chi connectivity index (χ4n) is 2.09. The Hall–Kier alpha value is -1.59. The van der Waals surface area contributed by atoms with Gasteiger partial charge in [0.1, 0.15) is 12.9 Å². The van der Waals surface area contributed by atoms with Crippen molar-refractivity contribution in [1.29, 1.82) is 0 Å². The molecule has 5 heteroatoms. The molecule has 0 aliphatic carbocycles. The maximum Gasteiger partial charge on any atom is 0.161 e. The summed E-state index contributed by atoms with van der Waals surface area (Å²) in [7, 11) is 2.13. The number of piperazine rings is 1. The highest BCUT2D eigenvalue weighted by Gasteiger charge is 2.13. The Kier molecular flexibility index (Phi) is 4.76. The minimum absolute atomic E-state index is 0.0166. The smallest absolute Gasteiger partial charge is 0.161 e. The Morgan fingerprint density at radius 3 is 2.68 bits per heavy atom. The van der Waals surface area contributed by atoms with Gasteiger partial charge >= 0.3 is 0 Å². The highest BCUT2D eigenvalue weighted by Crippen LogP contribution is 2.26. The predicted molar refractivity (Wildman–Crippen MR) is 72.9 cm³/mol. The molecule has 104 valence electrons. The van der Waals surface area contributed by atoms with Crippen molar-refractivity contribution in [3.63, 3.8) is 0 Å². The highest BCUT2D eigenvalue weighted by molar-refractivity contribution is 5.76. The zero-order valence-electron chi connectivity index (χ0n) is 11.2. The average Bonchev–Trinajstić information content (AvgIpc) is 2.42. The van der Waals surface area contributed by atoms with E-state index in [1.54, 1.807) is 12.1 Å². The van der Waals surface area contributed by atoms with Gasteiger partial charge in [0.05, 0.1) is 0 Å². The van der Waals surface area contributed by atoms with E-state index in [0.29, 0.717) is 24.2 Å². The maximum atomic E-state index is 10.6. The lowest BCUT2D eigenvalue weighted by atomic mass is 10.2. The lowest BCUT2D eigenvalue weighted by Gasteiger charge is -2.32. The van der Waals surface area contributed by atoms with Crippen LogP contribution in [0, 0.1) is 0 Å². The van der Waals surface area contributed by atoms with Crippen LogP contribution in [0.3, 0.4) is 0 Å². The fraction of sp³-hybridized carbons (Fsp3) is 0.500. The normalized spacial score (nSPS) is 17.3. The minimum atomic E-state index is 0.0166. The third kappa shape index (κ3) is 3.94. The maximum absolute atomic E-state index is 10.6. The van der Waals surface area contributed by atoms with E-state index in [1.165, 1.54) is 6.07 Å². The molecule has 0 bridgehead atoms. The Bertz CT molecular complexity index is 429. The van der Waals surface area contributed by atoms with Crippen molar-refractivity contribution in [2.45, 2.75) is 0 Å². The largest absolute Gasteiger partial charge is 0.504 e. The Balaban J connectivity index is 1.78. The van der Waals surface area contributed by atoms with Crippen LogP contribution in [0.15, 0.2) is 18.2 Å². The van der Waals surface area contributed by atoms with Gasteiger partial charge in [0, 0.05) is 38.3 Å². The molecule has 0 unspecified atom stereocenters. The molecule has 5 nitrogen and oxygen atoms in total. The number of hydrogen-bond acceptors (Lipinski definition) is 5. The van der Waals surface area contributed by atoms with Crippen molar-refractivity contribution < 1.29 is 14.6 Å². The standard InChI is InChI=1S/C14H20N2O3/c1-15-4-6-16(7-5-15)8-9-19-14-3-2-12(11-17)10-13(14)18/h2-3,10-11,18H,4-9H2,1H3. The molecule has 2 rings (SSSR count). The molecule has 1 saturated heterocycles. The second-order valence-corrected chi connectivity index (χ2v) is 4.84. The molecule has 0 atom stereocenters. The number of likely N-dealkylation sites (N-methyl/N-ethyl adjacent to an activating group) is 1. The summed E-state index contributed by atoms with van der Waals surface area (Å²) in [6.07, 6.45) is 0.702. The van der Waals surface area contributed by atoms with Crippen molar-refractivity contribution in [2.24, 2.45) is 0 Å². The van der Waals surface area contributed by atoms with E-state index >= 15 is 0 Å². The molecule has 1 heterocycles. The summed E-state index contributed by atoms with van der Waals surface area (Å²) in [4.78, 5) is 15.2. The molecule has 1 N–H and O–H groups in total. The molecule has 1 aliphatic heterocycles. The summed E-state index contributed by atoms with van der Waals surface area (Å²) in [6.45, 7) is 5.66. The summed E-state index contributed by atoms with van der Waals surface area (Å²) < 4.78 is 5.54. The van der Waals surface area contributed by atoms with Crippen molar-refractivity contribution in [3.05, 3.63) is 23.8 Å². The third-order valence-corrected chi connectivity index (χ3v) is 3.38. The van der Waals surface area contributed by atoms with Gasteiger partial charge in [-0.25, -0.2) is 0 Å². The molecule has 0 aromatic heterocycles. The number of phenols is 1. The number of aromatic hydroxyl groups is 1. The number of ether oxygens (including phenoxy) is 1.